The highest BCUT2D eigenvalue weighted by Gasteiger charge is 2.07. The van der Waals surface area contributed by atoms with E-state index in [1.807, 2.05) is 26.8 Å². The molecule has 0 fully saturated rings. The molecule has 0 bridgehead atoms. The van der Waals surface area contributed by atoms with Gasteiger partial charge in [-0.05, 0) is 50.4 Å². The van der Waals surface area contributed by atoms with Gasteiger partial charge >= 0.3 is 0 Å². The molecule has 3 nitrogen and oxygen atoms in total. The summed E-state index contributed by atoms with van der Waals surface area (Å²) in [6, 6.07) is 20.9. The Labute approximate surface area is 131 Å². The zero-order chi connectivity index (χ0) is 16.0. The summed E-state index contributed by atoms with van der Waals surface area (Å²) in [7, 11) is 0. The lowest BCUT2D eigenvalue weighted by Gasteiger charge is -2.14. The summed E-state index contributed by atoms with van der Waals surface area (Å²) in [6.07, 6.45) is 2.11. The molecule has 0 unspecified atom stereocenters. The largest absolute Gasteiger partial charge is 0.462 e. The lowest BCUT2D eigenvalue weighted by atomic mass is 10.2. The van der Waals surface area contributed by atoms with E-state index in [4.69, 9.17) is 0 Å². The van der Waals surface area contributed by atoms with Crippen LogP contribution in [-0.2, 0) is 9.53 Å². The zero-order valence-corrected chi connectivity index (χ0v) is 13.2. The van der Waals surface area contributed by atoms with Crippen molar-refractivity contribution >= 4 is 17.4 Å². The van der Waals surface area contributed by atoms with Crippen molar-refractivity contribution in [1.82, 2.24) is 4.57 Å². The molecule has 3 rings (SSSR count). The average Bonchev–Trinajstić information content (AvgIpc) is 2.91. The van der Waals surface area contributed by atoms with Crippen molar-refractivity contribution in [3.63, 3.8) is 0 Å². The number of aromatic nitrogens is 1. The SMILES string of the molecule is CC(C)(C)OC=O.c1ccc(-n2ccc3ccccc32)cc1. The maximum Gasteiger partial charge on any atom is 0.293 e. The van der Waals surface area contributed by atoms with E-state index in [1.54, 1.807) is 0 Å². The van der Waals surface area contributed by atoms with Crippen LogP contribution in [0.1, 0.15) is 20.8 Å². The minimum atomic E-state index is -0.318. The third-order valence-electron chi connectivity index (χ3n) is 3.04. The fourth-order valence-corrected chi connectivity index (χ4v) is 2.04. The molecule has 0 radical (unpaired) electrons. The van der Waals surface area contributed by atoms with Gasteiger partial charge in [-0.3, -0.25) is 4.79 Å². The van der Waals surface area contributed by atoms with Gasteiger partial charge in [0, 0.05) is 11.9 Å². The van der Waals surface area contributed by atoms with Gasteiger partial charge in [-0.1, -0.05) is 36.4 Å². The van der Waals surface area contributed by atoms with Gasteiger partial charge in [-0.2, -0.15) is 0 Å². The van der Waals surface area contributed by atoms with Gasteiger partial charge in [0.05, 0.1) is 5.52 Å². The lowest BCUT2D eigenvalue weighted by molar-refractivity contribution is -0.138. The molecule has 22 heavy (non-hydrogen) atoms. The van der Waals surface area contributed by atoms with Crippen molar-refractivity contribution in [2.45, 2.75) is 26.4 Å². The minimum Gasteiger partial charge on any atom is -0.462 e. The van der Waals surface area contributed by atoms with E-state index in [2.05, 4.69) is 70.1 Å². The first-order chi connectivity index (χ1) is 10.5. The van der Waals surface area contributed by atoms with Crippen LogP contribution in [0.4, 0.5) is 0 Å². The summed E-state index contributed by atoms with van der Waals surface area (Å²) < 4.78 is 6.75. The maximum atomic E-state index is 9.60. The Morgan fingerprint density at radius 1 is 0.909 bits per heavy atom. The smallest absolute Gasteiger partial charge is 0.293 e. The first-order valence-corrected chi connectivity index (χ1v) is 7.24. The van der Waals surface area contributed by atoms with Crippen LogP contribution < -0.4 is 0 Å². The van der Waals surface area contributed by atoms with Crippen LogP contribution in [0.15, 0.2) is 66.9 Å². The molecule has 1 heterocycles. The molecule has 1 aromatic heterocycles. The van der Waals surface area contributed by atoms with E-state index in [1.165, 1.54) is 16.6 Å². The number of carbonyl (C=O) groups excluding carboxylic acids is 1. The number of nitrogens with zero attached hydrogens (tertiary/aromatic N) is 1. The Bertz CT molecular complexity index is 724. The number of para-hydroxylation sites is 2. The van der Waals surface area contributed by atoms with Gasteiger partial charge in [0.15, 0.2) is 0 Å². The number of benzene rings is 2. The Kier molecular flexibility index (Phi) is 4.99. The topological polar surface area (TPSA) is 31.2 Å². The summed E-state index contributed by atoms with van der Waals surface area (Å²) in [5, 5.41) is 1.28. The van der Waals surface area contributed by atoms with Crippen molar-refractivity contribution in [3.05, 3.63) is 66.9 Å². The molecule has 0 aliphatic heterocycles. The van der Waals surface area contributed by atoms with E-state index in [0.29, 0.717) is 6.47 Å². The molecular formula is C19H21NO2. The van der Waals surface area contributed by atoms with Crippen LogP contribution >= 0.6 is 0 Å². The number of rotatable bonds is 2. The molecule has 0 aliphatic rings. The van der Waals surface area contributed by atoms with Gasteiger partial charge in [0.25, 0.3) is 6.47 Å². The average molecular weight is 295 g/mol. The molecule has 0 atom stereocenters. The third kappa shape index (κ3) is 4.22. The normalized spacial score (nSPS) is 10.7. The fourth-order valence-electron chi connectivity index (χ4n) is 2.04. The monoisotopic (exact) mass is 295 g/mol. The molecule has 3 aromatic rings. The van der Waals surface area contributed by atoms with E-state index in [-0.39, 0.29) is 5.60 Å². The summed E-state index contributed by atoms with van der Waals surface area (Å²) >= 11 is 0. The van der Waals surface area contributed by atoms with Crippen molar-refractivity contribution < 1.29 is 9.53 Å². The third-order valence-corrected chi connectivity index (χ3v) is 3.04. The standard InChI is InChI=1S/C14H11N.C5H10O2/c1-2-7-13(8-3-1)15-11-10-12-6-4-5-9-14(12)15;1-5(2,3)7-4-6/h1-11H;4H,1-3H3. The quantitative estimate of drug-likeness (QED) is 0.648. The van der Waals surface area contributed by atoms with Gasteiger partial charge < -0.3 is 9.30 Å². The molecule has 0 aliphatic carbocycles. The minimum absolute atomic E-state index is 0.318. The van der Waals surface area contributed by atoms with Crippen LogP contribution in [-0.4, -0.2) is 16.6 Å². The summed E-state index contributed by atoms with van der Waals surface area (Å²) in [5.41, 5.74) is 2.14. The van der Waals surface area contributed by atoms with Gasteiger partial charge in [-0.25, -0.2) is 0 Å². The van der Waals surface area contributed by atoms with E-state index < -0.39 is 0 Å². The van der Waals surface area contributed by atoms with Gasteiger partial charge in [0.2, 0.25) is 0 Å². The van der Waals surface area contributed by atoms with Gasteiger partial charge in [0.1, 0.15) is 5.60 Å². The van der Waals surface area contributed by atoms with E-state index in [9.17, 15) is 4.79 Å². The fraction of sp³-hybridized carbons (Fsp3) is 0.211. The van der Waals surface area contributed by atoms with Crippen molar-refractivity contribution in [2.75, 3.05) is 0 Å². The number of hydrogen-bond donors (Lipinski definition) is 0. The molecule has 2 aromatic carbocycles. The predicted molar refractivity (Wildman–Crippen MR) is 90.2 cm³/mol. The van der Waals surface area contributed by atoms with Crippen molar-refractivity contribution in [1.29, 1.82) is 0 Å². The summed E-state index contributed by atoms with van der Waals surface area (Å²) in [4.78, 5) is 9.60. The van der Waals surface area contributed by atoms with Crippen LogP contribution in [0.25, 0.3) is 16.6 Å². The van der Waals surface area contributed by atoms with Crippen LogP contribution in [0, 0.1) is 0 Å². The Hall–Kier alpha value is -2.55. The number of fused-ring (bicyclic) bond motifs is 1. The van der Waals surface area contributed by atoms with Gasteiger partial charge in [-0.15, -0.1) is 0 Å². The second-order valence-corrected chi connectivity index (χ2v) is 5.91. The number of ether oxygens (including phenoxy) is 1. The van der Waals surface area contributed by atoms with E-state index in [0.717, 1.165) is 0 Å². The lowest BCUT2D eigenvalue weighted by Crippen LogP contribution is -2.17. The second-order valence-electron chi connectivity index (χ2n) is 5.91. The molecule has 0 spiro atoms. The van der Waals surface area contributed by atoms with Crippen LogP contribution in [0.5, 0.6) is 0 Å². The molecule has 0 saturated heterocycles. The molecule has 114 valence electrons. The van der Waals surface area contributed by atoms with Crippen LogP contribution in [0.3, 0.4) is 0 Å². The maximum absolute atomic E-state index is 9.60. The summed E-state index contributed by atoms with van der Waals surface area (Å²) in [5.74, 6) is 0. The van der Waals surface area contributed by atoms with Crippen molar-refractivity contribution in [2.24, 2.45) is 0 Å². The highest BCUT2D eigenvalue weighted by atomic mass is 16.5. The zero-order valence-electron chi connectivity index (χ0n) is 13.2. The molecule has 0 saturated carbocycles. The Morgan fingerprint density at radius 3 is 2.14 bits per heavy atom. The molecular weight excluding hydrogens is 274 g/mol. The summed E-state index contributed by atoms with van der Waals surface area (Å²) in [6.45, 7) is 5.92. The number of hydrogen-bond acceptors (Lipinski definition) is 2. The predicted octanol–water partition coefficient (Wildman–Crippen LogP) is 4.59. The Morgan fingerprint density at radius 2 is 1.55 bits per heavy atom. The molecule has 0 amide bonds. The second kappa shape index (κ2) is 6.94. The van der Waals surface area contributed by atoms with E-state index >= 15 is 0 Å². The number of carbonyl (C=O) groups is 1. The molecule has 0 N–H and O–H groups in total. The first-order valence-electron chi connectivity index (χ1n) is 7.24. The Balaban J connectivity index is 0.000000217. The highest BCUT2D eigenvalue weighted by molar-refractivity contribution is 5.81. The van der Waals surface area contributed by atoms with Crippen LogP contribution in [0.2, 0.25) is 0 Å². The van der Waals surface area contributed by atoms with Crippen molar-refractivity contribution in [3.8, 4) is 5.69 Å². The molecule has 3 heteroatoms. The first kappa shape index (κ1) is 15.8. The highest BCUT2D eigenvalue weighted by Crippen LogP contribution is 2.19.